The first-order chi connectivity index (χ1) is 21.4. The standard InChI is InChI=1S/C34H40N6O4/c1-34-27(33(43)39-14-3-2-4-15-39)19-24(21-30(41)36-11-6-13-38-17-12-35-22-38)32(42)40(34)16-10-26-25-9-8-23(29-7-5-18-44-29)20-28(25)37-31(26)34/h5,7-9,12,17-18,20,22,24,27,37H,2-4,6,10-11,13-16,19,21H2,1H3,(H,36,41)/t24-,27-,34+/m1/s1. The van der Waals surface area contributed by atoms with Crippen LogP contribution >= 0.6 is 0 Å². The molecule has 0 radical (unpaired) electrons. The van der Waals surface area contributed by atoms with Gasteiger partial charge in [0.25, 0.3) is 0 Å². The molecule has 4 aromatic rings. The first-order valence-electron chi connectivity index (χ1n) is 15.9. The molecule has 10 heteroatoms. The summed E-state index contributed by atoms with van der Waals surface area (Å²) in [6, 6.07) is 10.1. The van der Waals surface area contributed by atoms with Crippen molar-refractivity contribution in [3.8, 4) is 11.3 Å². The van der Waals surface area contributed by atoms with Crippen molar-refractivity contribution in [3.05, 3.63) is 66.6 Å². The van der Waals surface area contributed by atoms with Crippen molar-refractivity contribution < 1.29 is 18.8 Å². The number of nitrogens with one attached hydrogen (secondary N) is 2. The molecule has 2 saturated heterocycles. The van der Waals surface area contributed by atoms with E-state index in [2.05, 4.69) is 40.4 Å². The second-order valence-corrected chi connectivity index (χ2v) is 12.7. The van der Waals surface area contributed by atoms with Gasteiger partial charge in [0.05, 0.1) is 24.0 Å². The van der Waals surface area contributed by atoms with Gasteiger partial charge >= 0.3 is 0 Å². The Balaban J connectivity index is 1.17. The van der Waals surface area contributed by atoms with Gasteiger partial charge in [-0.05, 0) is 69.2 Å². The molecule has 0 bridgehead atoms. The van der Waals surface area contributed by atoms with E-state index in [-0.39, 0.29) is 24.1 Å². The number of aromatic nitrogens is 3. The summed E-state index contributed by atoms with van der Waals surface area (Å²) in [4.78, 5) is 53.2. The summed E-state index contributed by atoms with van der Waals surface area (Å²) in [5.74, 6) is -0.278. The number of benzene rings is 1. The zero-order valence-corrected chi connectivity index (χ0v) is 25.3. The van der Waals surface area contributed by atoms with Crippen LogP contribution in [0.25, 0.3) is 22.2 Å². The number of furan rings is 1. The smallest absolute Gasteiger partial charge is 0.228 e. The molecule has 2 fully saturated rings. The van der Waals surface area contributed by atoms with Crippen LogP contribution in [0, 0.1) is 11.8 Å². The third-order valence-corrected chi connectivity index (χ3v) is 10.1. The molecule has 3 atom stereocenters. The predicted molar refractivity (Wildman–Crippen MR) is 165 cm³/mol. The summed E-state index contributed by atoms with van der Waals surface area (Å²) < 4.78 is 7.62. The number of likely N-dealkylation sites (tertiary alicyclic amines) is 1. The van der Waals surface area contributed by atoms with Gasteiger partial charge in [-0.1, -0.05) is 12.1 Å². The molecule has 2 N–H and O–H groups in total. The van der Waals surface area contributed by atoms with Crippen LogP contribution in [0.3, 0.4) is 0 Å². The third kappa shape index (κ3) is 5.00. The number of aromatic amines is 1. The average Bonchev–Trinajstić information content (AvgIpc) is 3.83. The number of fused-ring (bicyclic) bond motifs is 5. The number of aryl methyl sites for hydroxylation is 1. The Hall–Kier alpha value is -4.34. The van der Waals surface area contributed by atoms with E-state index in [1.165, 1.54) is 5.56 Å². The van der Waals surface area contributed by atoms with Crippen LogP contribution < -0.4 is 5.32 Å². The number of nitrogens with zero attached hydrogens (tertiary/aromatic N) is 4. The van der Waals surface area contributed by atoms with Gasteiger partial charge in [-0.15, -0.1) is 0 Å². The Kier molecular flexibility index (Phi) is 7.52. The molecule has 3 aliphatic rings. The highest BCUT2D eigenvalue weighted by Crippen LogP contribution is 2.50. The highest BCUT2D eigenvalue weighted by molar-refractivity contribution is 5.93. The monoisotopic (exact) mass is 596 g/mol. The van der Waals surface area contributed by atoms with Crippen molar-refractivity contribution in [2.45, 2.75) is 64.0 Å². The maximum Gasteiger partial charge on any atom is 0.228 e. The lowest BCUT2D eigenvalue weighted by atomic mass is 9.67. The number of H-pyrrole nitrogens is 1. The SMILES string of the molecule is C[C@]12c3[nH]c4cc(-c5ccco5)ccc4c3CCN1C(=O)[C@@H](CC(=O)NCCCn1ccnc1)C[C@@H]2C(=O)N1CCCCC1. The molecular formula is C34H40N6O4. The van der Waals surface area contributed by atoms with E-state index in [9.17, 15) is 14.4 Å². The predicted octanol–water partition coefficient (Wildman–Crippen LogP) is 4.47. The van der Waals surface area contributed by atoms with Gasteiger partial charge in [0.2, 0.25) is 17.7 Å². The van der Waals surface area contributed by atoms with Gasteiger partial charge in [0, 0.05) is 79.6 Å². The van der Waals surface area contributed by atoms with Gasteiger partial charge in [-0.2, -0.15) is 0 Å². The van der Waals surface area contributed by atoms with Gasteiger partial charge in [-0.25, -0.2) is 4.98 Å². The first kappa shape index (κ1) is 28.4. The lowest BCUT2D eigenvalue weighted by Crippen LogP contribution is -2.64. The zero-order valence-electron chi connectivity index (χ0n) is 25.3. The van der Waals surface area contributed by atoms with Crippen molar-refractivity contribution in [2.24, 2.45) is 11.8 Å². The van der Waals surface area contributed by atoms with Crippen LogP contribution in [-0.2, 0) is 32.9 Å². The highest BCUT2D eigenvalue weighted by atomic mass is 16.3. The Morgan fingerprint density at radius 2 is 2.02 bits per heavy atom. The van der Waals surface area contributed by atoms with E-state index in [4.69, 9.17) is 4.42 Å². The number of rotatable bonds is 8. The lowest BCUT2D eigenvalue weighted by molar-refractivity contribution is -0.164. The van der Waals surface area contributed by atoms with E-state index < -0.39 is 17.4 Å². The van der Waals surface area contributed by atoms with Gasteiger partial charge in [0.15, 0.2) is 0 Å². The molecule has 7 rings (SSSR count). The summed E-state index contributed by atoms with van der Waals surface area (Å²) in [6.07, 6.45) is 12.1. The molecule has 0 aliphatic carbocycles. The second kappa shape index (κ2) is 11.6. The molecular weight excluding hydrogens is 556 g/mol. The van der Waals surface area contributed by atoms with Crippen LogP contribution in [0.15, 0.2) is 59.7 Å². The Morgan fingerprint density at radius 3 is 2.80 bits per heavy atom. The van der Waals surface area contributed by atoms with E-state index in [1.807, 2.05) is 32.7 Å². The summed E-state index contributed by atoms with van der Waals surface area (Å²) in [5.41, 5.74) is 3.23. The first-order valence-corrected chi connectivity index (χ1v) is 15.9. The summed E-state index contributed by atoms with van der Waals surface area (Å²) >= 11 is 0. The molecule has 3 amide bonds. The molecule has 10 nitrogen and oxygen atoms in total. The second-order valence-electron chi connectivity index (χ2n) is 12.7. The lowest BCUT2D eigenvalue weighted by Gasteiger charge is -2.54. The van der Waals surface area contributed by atoms with E-state index in [0.717, 1.165) is 73.2 Å². The van der Waals surface area contributed by atoms with Crippen molar-refractivity contribution in [3.63, 3.8) is 0 Å². The van der Waals surface area contributed by atoms with Crippen molar-refractivity contribution >= 4 is 28.6 Å². The Labute approximate surface area is 256 Å². The Morgan fingerprint density at radius 1 is 1.16 bits per heavy atom. The number of carbonyl (C=O) groups excluding carboxylic acids is 3. The minimum Gasteiger partial charge on any atom is -0.464 e. The van der Waals surface area contributed by atoms with Crippen LogP contribution in [0.5, 0.6) is 0 Å². The number of carbonyl (C=O) groups is 3. The van der Waals surface area contributed by atoms with Crippen LogP contribution in [0.4, 0.5) is 0 Å². The van der Waals surface area contributed by atoms with E-state index in [0.29, 0.717) is 25.9 Å². The molecule has 0 saturated carbocycles. The van der Waals surface area contributed by atoms with Crippen molar-refractivity contribution in [1.29, 1.82) is 0 Å². The van der Waals surface area contributed by atoms with Gasteiger partial charge < -0.3 is 29.1 Å². The summed E-state index contributed by atoms with van der Waals surface area (Å²) in [7, 11) is 0. The number of imidazole rings is 1. The van der Waals surface area contributed by atoms with Crippen LogP contribution in [0.2, 0.25) is 0 Å². The van der Waals surface area contributed by atoms with Crippen LogP contribution in [0.1, 0.15) is 56.7 Å². The normalized spacial score (nSPS) is 23.4. The fourth-order valence-corrected chi connectivity index (χ4v) is 7.72. The third-order valence-electron chi connectivity index (χ3n) is 10.1. The fourth-order valence-electron chi connectivity index (χ4n) is 7.72. The minimum absolute atomic E-state index is 0.0376. The molecule has 0 spiro atoms. The molecule has 1 aromatic carbocycles. The number of hydrogen-bond acceptors (Lipinski definition) is 5. The topological polar surface area (TPSA) is 116 Å². The number of hydrogen-bond donors (Lipinski definition) is 2. The number of piperidine rings is 2. The maximum atomic E-state index is 14.4. The molecule has 3 aromatic heterocycles. The average molecular weight is 597 g/mol. The van der Waals surface area contributed by atoms with Gasteiger partial charge in [-0.3, -0.25) is 14.4 Å². The van der Waals surface area contributed by atoms with Crippen LogP contribution in [-0.4, -0.2) is 68.2 Å². The van der Waals surface area contributed by atoms with Crippen molar-refractivity contribution in [1.82, 2.24) is 29.7 Å². The zero-order chi connectivity index (χ0) is 30.3. The fraction of sp³-hybridized carbons (Fsp3) is 0.471. The summed E-state index contributed by atoms with van der Waals surface area (Å²) in [5, 5.41) is 4.12. The maximum absolute atomic E-state index is 14.4. The number of amides is 3. The van der Waals surface area contributed by atoms with E-state index >= 15 is 0 Å². The quantitative estimate of drug-likeness (QED) is 0.291. The highest BCUT2D eigenvalue weighted by Gasteiger charge is 2.57. The molecule has 6 heterocycles. The molecule has 3 aliphatic heterocycles. The van der Waals surface area contributed by atoms with E-state index in [1.54, 1.807) is 18.8 Å². The Bertz CT molecular complexity index is 1650. The minimum atomic E-state index is -0.833. The summed E-state index contributed by atoms with van der Waals surface area (Å²) in [6.45, 7) is 5.35. The van der Waals surface area contributed by atoms with Crippen molar-refractivity contribution in [2.75, 3.05) is 26.2 Å². The van der Waals surface area contributed by atoms with Gasteiger partial charge in [0.1, 0.15) is 5.76 Å². The molecule has 230 valence electrons. The molecule has 0 unspecified atom stereocenters. The molecule has 44 heavy (non-hydrogen) atoms. The largest absolute Gasteiger partial charge is 0.464 e.